The van der Waals surface area contributed by atoms with Crippen LogP contribution in [0, 0.1) is 0 Å². The highest BCUT2D eigenvalue weighted by Gasteiger charge is 2.23. The summed E-state index contributed by atoms with van der Waals surface area (Å²) in [5.74, 6) is 0.327. The molecule has 0 aliphatic carbocycles. The summed E-state index contributed by atoms with van der Waals surface area (Å²) in [6, 6.07) is 25.4. The van der Waals surface area contributed by atoms with Crippen molar-refractivity contribution in [2.45, 2.75) is 32.8 Å². The summed E-state index contributed by atoms with van der Waals surface area (Å²) in [5, 5.41) is 1.32. The molecule has 37 heteroatoms. The number of hydrogen-bond donors (Lipinski definition) is 8. The average Bonchev–Trinajstić information content (AvgIpc) is 3.45. The number of rotatable bonds is 16. The van der Waals surface area contributed by atoms with Gasteiger partial charge in [-0.25, -0.2) is 26.8 Å². The van der Waals surface area contributed by atoms with Crippen LogP contribution in [0.15, 0.2) is 141 Å². The second-order valence-electron chi connectivity index (χ2n) is 16.2. The van der Waals surface area contributed by atoms with E-state index >= 15 is 0 Å². The Morgan fingerprint density at radius 2 is 0.771 bits per heavy atom. The molecule has 0 atom stereocenters. The second kappa shape index (κ2) is 26.4. The van der Waals surface area contributed by atoms with Crippen LogP contribution in [0.2, 0.25) is 30.1 Å². The van der Waals surface area contributed by atoms with Crippen LogP contribution in [-0.4, -0.2) is 71.1 Å². The number of nitrogens with zero attached hydrogens (tertiary/aromatic N) is 4. The summed E-state index contributed by atoms with van der Waals surface area (Å²) in [4.78, 5) is 13.9. The number of nitrogens with one attached hydrogen (secondary N) is 2. The fraction of sp³-hybridized carbons (Fsp3) is 0.0435. The van der Waals surface area contributed by atoms with Gasteiger partial charge in [0.05, 0.1) is 72.5 Å². The maximum absolute atomic E-state index is 13.3. The molecular formula is C46H36Cl6F2N10O14S5. The zero-order valence-corrected chi connectivity index (χ0v) is 49.5. The third kappa shape index (κ3) is 18.1. The number of nitrogen functional groups attached to an aromatic ring is 4. The molecule has 0 aliphatic rings. The third-order valence-electron chi connectivity index (χ3n) is 10.4. The lowest BCUT2D eigenvalue weighted by Gasteiger charge is -2.15. The Kier molecular flexibility index (Phi) is 20.8. The third-order valence-corrected chi connectivity index (χ3v) is 16.8. The predicted molar refractivity (Wildman–Crippen MR) is 309 cm³/mol. The lowest BCUT2D eigenvalue weighted by molar-refractivity contribution is 0.302. The summed E-state index contributed by atoms with van der Waals surface area (Å²) in [5.41, 5.74) is 26.4. The smallest absolute Gasteiger partial charge is 0.394 e. The summed E-state index contributed by atoms with van der Waals surface area (Å²) in [7, 11) is -23.4. The Bertz CT molecular complexity index is 4150. The van der Waals surface area contributed by atoms with Crippen LogP contribution in [-0.2, 0) is 64.1 Å². The minimum atomic E-state index is -5.10. The molecule has 0 radical (unpaired) electrons. The maximum Gasteiger partial charge on any atom is 0.394 e. The molecule has 0 bridgehead atoms. The van der Waals surface area contributed by atoms with Crippen molar-refractivity contribution < 1.29 is 68.4 Å². The lowest BCUT2D eigenvalue weighted by atomic mass is 10.0. The Balaban J connectivity index is 0.000000246. The molecule has 0 unspecified atom stereocenters. The number of halogens is 8. The fourth-order valence-electron chi connectivity index (χ4n) is 6.90. The van der Waals surface area contributed by atoms with E-state index in [2.05, 4.69) is 29.4 Å². The molecule has 2 heterocycles. The largest absolute Gasteiger partial charge is 0.486 e. The van der Waals surface area contributed by atoms with Crippen molar-refractivity contribution in [3.8, 4) is 33.8 Å². The molecule has 0 fully saturated rings. The van der Waals surface area contributed by atoms with Crippen molar-refractivity contribution in [2.75, 3.05) is 32.4 Å². The molecule has 24 nitrogen and oxygen atoms in total. The highest BCUT2D eigenvalue weighted by molar-refractivity contribution is 7.93. The Hall–Kier alpha value is -6.85. The molecule has 8 aromatic rings. The number of ether oxygens (including phenoxy) is 2. The van der Waals surface area contributed by atoms with Gasteiger partial charge >= 0.3 is 30.8 Å². The zero-order chi connectivity index (χ0) is 61.6. The van der Waals surface area contributed by atoms with E-state index in [1.807, 2.05) is 0 Å². The molecule has 0 amide bonds. The monoisotopic (exact) mass is 1360 g/mol. The van der Waals surface area contributed by atoms with Gasteiger partial charge in [-0.3, -0.25) is 18.5 Å². The number of sulfonamides is 2. The molecule has 440 valence electrons. The van der Waals surface area contributed by atoms with Crippen molar-refractivity contribution in [3.63, 3.8) is 0 Å². The van der Waals surface area contributed by atoms with Crippen molar-refractivity contribution in [3.05, 3.63) is 163 Å². The summed E-state index contributed by atoms with van der Waals surface area (Å²) >= 11 is 36.9. The topological polar surface area (TPSA) is 409 Å². The van der Waals surface area contributed by atoms with Crippen LogP contribution in [0.1, 0.15) is 11.4 Å². The lowest BCUT2D eigenvalue weighted by Crippen LogP contribution is -2.13. The van der Waals surface area contributed by atoms with E-state index in [9.17, 15) is 41.4 Å². The Morgan fingerprint density at radius 3 is 1.08 bits per heavy atom. The SMILES string of the molecule is Nc1nc(N)c(-c2ccc(Cl)c(Cl)c2)c(COc2ccc(NS(=O)(=O)c3cccc(S(=O)(=O)F)c3)cc2Cl)n1.Nc1nc(N)c(-c2ccc(Cl)c(Cl)c2)c(COc2ccc(NS(=O)(=O)c3cccc(S(=O)(=O)F)c3)cc2Cl)n1.O=S(=O)(O)O. The van der Waals surface area contributed by atoms with Crippen LogP contribution >= 0.6 is 69.6 Å². The van der Waals surface area contributed by atoms with Gasteiger partial charge in [-0.05, 0) is 108 Å². The zero-order valence-electron chi connectivity index (χ0n) is 40.9. The van der Waals surface area contributed by atoms with Crippen molar-refractivity contribution in [1.82, 2.24) is 19.9 Å². The van der Waals surface area contributed by atoms with E-state index in [-0.39, 0.29) is 79.7 Å². The van der Waals surface area contributed by atoms with E-state index in [1.165, 1.54) is 36.4 Å². The number of aromatic nitrogens is 4. The van der Waals surface area contributed by atoms with Crippen LogP contribution < -0.4 is 41.9 Å². The number of anilines is 6. The fourth-order valence-corrected chi connectivity index (χ4v) is 11.3. The quantitative estimate of drug-likeness (QED) is 0.0329. The van der Waals surface area contributed by atoms with Gasteiger partial charge in [0.15, 0.2) is 0 Å². The number of nitrogens with two attached hydrogens (primary N) is 4. The van der Waals surface area contributed by atoms with Gasteiger partial charge in [-0.1, -0.05) is 93.9 Å². The maximum atomic E-state index is 13.3. The molecule has 0 aliphatic heterocycles. The van der Waals surface area contributed by atoms with Gasteiger partial charge in [0.25, 0.3) is 20.0 Å². The second-order valence-corrected chi connectivity index (χ2v) is 25.6. The number of hydrogen-bond acceptors (Lipinski definition) is 20. The molecule has 83 heavy (non-hydrogen) atoms. The van der Waals surface area contributed by atoms with E-state index in [1.54, 1.807) is 36.4 Å². The molecule has 6 aromatic carbocycles. The van der Waals surface area contributed by atoms with Gasteiger partial charge in [0.2, 0.25) is 11.9 Å². The Morgan fingerprint density at radius 1 is 0.434 bits per heavy atom. The minimum Gasteiger partial charge on any atom is -0.486 e. The minimum absolute atomic E-state index is 0.0291. The molecule has 0 spiro atoms. The van der Waals surface area contributed by atoms with Gasteiger partial charge in [-0.2, -0.15) is 35.2 Å². The normalized spacial score (nSPS) is 11.8. The molecule has 2 aromatic heterocycles. The van der Waals surface area contributed by atoms with Gasteiger partial charge in [-0.15, -0.1) is 7.77 Å². The molecule has 0 saturated heterocycles. The molecule has 8 rings (SSSR count). The van der Waals surface area contributed by atoms with E-state index < -0.39 is 70.5 Å². The summed E-state index contributed by atoms with van der Waals surface area (Å²) in [6.45, 7) is -0.302. The first-order valence-electron chi connectivity index (χ1n) is 21.9. The first-order valence-corrected chi connectivity index (χ1v) is 31.3. The van der Waals surface area contributed by atoms with Crippen LogP contribution in [0.4, 0.5) is 42.7 Å². The molecular weight excluding hydrogens is 1330 g/mol. The van der Waals surface area contributed by atoms with Gasteiger partial charge < -0.3 is 32.4 Å². The first-order chi connectivity index (χ1) is 38.5. The number of benzene rings is 6. The summed E-state index contributed by atoms with van der Waals surface area (Å²) in [6.07, 6.45) is 0. The molecule has 0 saturated carbocycles. The van der Waals surface area contributed by atoms with E-state index in [0.29, 0.717) is 55.8 Å². The molecule has 12 N–H and O–H groups in total. The van der Waals surface area contributed by atoms with Crippen LogP contribution in [0.25, 0.3) is 22.3 Å². The van der Waals surface area contributed by atoms with Crippen molar-refractivity contribution in [2.24, 2.45) is 0 Å². The van der Waals surface area contributed by atoms with E-state index in [0.717, 1.165) is 36.4 Å². The van der Waals surface area contributed by atoms with Crippen LogP contribution in [0.5, 0.6) is 11.5 Å². The average molecular weight is 1360 g/mol. The standard InChI is InChI=1S/2C23H17Cl3FN5O5S2.H2O4S/c2*24-16-6-4-12(8-17(16)25)21-19(30-23(29)31-22(21)28)11-37-20-7-5-13(9-18(20)26)32-39(35,36)15-3-1-2-14(10-15)38(27,33)34;1-5(2,3)4/h2*1-10,32H,11H2,(H4,28,29,30,31);(H2,1,2,3,4). The predicted octanol–water partition coefficient (Wildman–Crippen LogP) is 9.96. The van der Waals surface area contributed by atoms with E-state index in [4.69, 9.17) is 120 Å². The summed E-state index contributed by atoms with van der Waals surface area (Å²) < 4.78 is 170. The first kappa shape index (κ1) is 65.3. The van der Waals surface area contributed by atoms with Crippen LogP contribution in [0.3, 0.4) is 0 Å². The van der Waals surface area contributed by atoms with Crippen molar-refractivity contribution in [1.29, 1.82) is 0 Å². The van der Waals surface area contributed by atoms with Gasteiger partial charge in [0.1, 0.15) is 36.3 Å². The highest BCUT2D eigenvalue weighted by atomic mass is 35.5. The Labute approximate surface area is 501 Å². The van der Waals surface area contributed by atoms with Crippen molar-refractivity contribution >= 4 is 155 Å². The van der Waals surface area contributed by atoms with Gasteiger partial charge in [0, 0.05) is 11.1 Å². The highest BCUT2D eigenvalue weighted by Crippen LogP contribution is 2.38.